The van der Waals surface area contributed by atoms with E-state index in [0.717, 1.165) is 0 Å². The van der Waals surface area contributed by atoms with Gasteiger partial charge in [0, 0.05) is 5.69 Å². The molecule has 0 aliphatic heterocycles. The van der Waals surface area contributed by atoms with E-state index >= 15 is 0 Å². The predicted octanol–water partition coefficient (Wildman–Crippen LogP) is 2.46. The van der Waals surface area contributed by atoms with Crippen LogP contribution >= 0.6 is 0 Å². The second kappa shape index (κ2) is 5.42. The third-order valence-electron chi connectivity index (χ3n) is 2.55. The van der Waals surface area contributed by atoms with Gasteiger partial charge in [-0.05, 0) is 29.8 Å². The zero-order valence-electron chi connectivity index (χ0n) is 9.64. The number of nitrogens with two attached hydrogens (primary N) is 1. The highest BCUT2D eigenvalue weighted by molar-refractivity contribution is 5.95. The van der Waals surface area contributed by atoms with Crippen LogP contribution in [-0.2, 0) is 4.79 Å². The maximum Gasteiger partial charge on any atom is 0.245 e. The molecule has 2 aromatic rings. The molecule has 0 aliphatic rings. The number of benzene rings is 2. The molecule has 0 saturated carbocycles. The Bertz CT molecular complexity index is 525. The molecule has 4 heteroatoms. The number of hydrogen-bond donors (Lipinski definition) is 2. The fraction of sp³-hybridized carbons (Fsp3) is 0.0714. The number of carbonyl (C=O) groups is 1. The molecule has 0 radical (unpaired) electrons. The first kappa shape index (κ1) is 12.3. The Balaban J connectivity index is 2.07. The number of para-hydroxylation sites is 1. The van der Waals surface area contributed by atoms with Crippen molar-refractivity contribution in [2.45, 2.75) is 6.04 Å². The fourth-order valence-corrected chi connectivity index (χ4v) is 1.56. The highest BCUT2D eigenvalue weighted by atomic mass is 19.1. The van der Waals surface area contributed by atoms with E-state index in [4.69, 9.17) is 5.73 Å². The van der Waals surface area contributed by atoms with Crippen LogP contribution in [0.3, 0.4) is 0 Å². The van der Waals surface area contributed by atoms with Crippen molar-refractivity contribution in [3.05, 3.63) is 66.0 Å². The van der Waals surface area contributed by atoms with Crippen LogP contribution < -0.4 is 11.1 Å². The van der Waals surface area contributed by atoms with Crippen LogP contribution in [0.2, 0.25) is 0 Å². The lowest BCUT2D eigenvalue weighted by atomic mass is 10.1. The second-order valence-corrected chi connectivity index (χ2v) is 3.88. The third-order valence-corrected chi connectivity index (χ3v) is 2.55. The Hall–Kier alpha value is -2.20. The minimum atomic E-state index is -0.814. The van der Waals surface area contributed by atoms with Gasteiger partial charge in [0.05, 0.1) is 0 Å². The molecule has 0 aliphatic carbocycles. The van der Waals surface area contributed by atoms with Crippen LogP contribution in [-0.4, -0.2) is 5.91 Å². The second-order valence-electron chi connectivity index (χ2n) is 3.88. The Morgan fingerprint density at radius 3 is 2.28 bits per heavy atom. The Morgan fingerprint density at radius 2 is 1.67 bits per heavy atom. The first-order chi connectivity index (χ1) is 8.66. The summed E-state index contributed by atoms with van der Waals surface area (Å²) in [6.07, 6.45) is 0. The van der Waals surface area contributed by atoms with Gasteiger partial charge in [-0.25, -0.2) is 4.39 Å². The van der Waals surface area contributed by atoms with E-state index in [1.54, 1.807) is 12.1 Å². The molecule has 92 valence electrons. The van der Waals surface area contributed by atoms with Crippen LogP contribution in [0, 0.1) is 5.82 Å². The summed E-state index contributed by atoms with van der Waals surface area (Å²) in [7, 11) is 0. The van der Waals surface area contributed by atoms with Gasteiger partial charge in [-0.15, -0.1) is 0 Å². The largest absolute Gasteiger partial charge is 0.324 e. The molecular weight excluding hydrogens is 231 g/mol. The average molecular weight is 244 g/mol. The summed E-state index contributed by atoms with van der Waals surface area (Å²) in [6.45, 7) is 0. The summed E-state index contributed by atoms with van der Waals surface area (Å²) in [6, 6.07) is 13.8. The van der Waals surface area contributed by atoms with Crippen molar-refractivity contribution in [2.24, 2.45) is 5.73 Å². The van der Waals surface area contributed by atoms with Crippen molar-refractivity contribution in [1.82, 2.24) is 0 Å². The summed E-state index contributed by atoms with van der Waals surface area (Å²) in [5.74, 6) is -0.678. The van der Waals surface area contributed by atoms with Gasteiger partial charge in [-0.3, -0.25) is 4.79 Å². The summed E-state index contributed by atoms with van der Waals surface area (Å²) >= 11 is 0. The van der Waals surface area contributed by atoms with E-state index < -0.39 is 6.04 Å². The van der Waals surface area contributed by atoms with Crippen molar-refractivity contribution >= 4 is 11.6 Å². The summed E-state index contributed by atoms with van der Waals surface area (Å²) in [5.41, 5.74) is 7.06. The van der Waals surface area contributed by atoms with Gasteiger partial charge in [0.2, 0.25) is 5.91 Å². The van der Waals surface area contributed by atoms with Crippen LogP contribution in [0.1, 0.15) is 11.6 Å². The van der Waals surface area contributed by atoms with Gasteiger partial charge in [0.15, 0.2) is 0 Å². The number of rotatable bonds is 3. The molecule has 2 aromatic carbocycles. The summed E-state index contributed by atoms with van der Waals surface area (Å²) in [5, 5.41) is 2.70. The van der Waals surface area contributed by atoms with E-state index in [1.807, 2.05) is 18.2 Å². The number of halogens is 1. The number of carbonyl (C=O) groups excluding carboxylic acids is 1. The molecule has 3 N–H and O–H groups in total. The Morgan fingerprint density at radius 1 is 1.06 bits per heavy atom. The Kier molecular flexibility index (Phi) is 3.69. The van der Waals surface area contributed by atoms with Gasteiger partial charge in [-0.2, -0.15) is 0 Å². The number of amides is 1. The van der Waals surface area contributed by atoms with Crippen LogP contribution in [0.25, 0.3) is 0 Å². The van der Waals surface area contributed by atoms with Crippen molar-refractivity contribution in [3.63, 3.8) is 0 Å². The topological polar surface area (TPSA) is 55.1 Å². The molecule has 0 spiro atoms. The smallest absolute Gasteiger partial charge is 0.245 e. The van der Waals surface area contributed by atoms with Gasteiger partial charge < -0.3 is 11.1 Å². The van der Waals surface area contributed by atoms with Crippen molar-refractivity contribution in [3.8, 4) is 0 Å². The van der Waals surface area contributed by atoms with Crippen LogP contribution in [0.5, 0.6) is 0 Å². The molecule has 18 heavy (non-hydrogen) atoms. The highest BCUT2D eigenvalue weighted by Gasteiger charge is 2.15. The lowest BCUT2D eigenvalue weighted by Crippen LogP contribution is -2.27. The molecule has 3 nitrogen and oxygen atoms in total. The van der Waals surface area contributed by atoms with Gasteiger partial charge >= 0.3 is 0 Å². The van der Waals surface area contributed by atoms with Crippen molar-refractivity contribution in [1.29, 1.82) is 0 Å². The van der Waals surface area contributed by atoms with E-state index in [2.05, 4.69) is 5.32 Å². The molecule has 1 atom stereocenters. The van der Waals surface area contributed by atoms with E-state index in [1.165, 1.54) is 24.3 Å². The zero-order valence-corrected chi connectivity index (χ0v) is 9.64. The van der Waals surface area contributed by atoms with Gasteiger partial charge in [-0.1, -0.05) is 30.3 Å². The number of nitrogens with one attached hydrogen (secondary N) is 1. The van der Waals surface area contributed by atoms with E-state index in [-0.39, 0.29) is 11.7 Å². The Labute approximate surface area is 104 Å². The standard InChI is InChI=1S/C14H13FN2O/c15-11-8-6-10(7-9-11)13(16)14(18)17-12-4-2-1-3-5-12/h1-9,13H,16H2,(H,17,18). The minimum absolute atomic E-state index is 0.326. The SMILES string of the molecule is NC(C(=O)Nc1ccccc1)c1ccc(F)cc1. The summed E-state index contributed by atoms with van der Waals surface area (Å²) < 4.78 is 12.8. The third kappa shape index (κ3) is 2.93. The maximum atomic E-state index is 12.8. The maximum absolute atomic E-state index is 12.8. The molecule has 0 aromatic heterocycles. The number of hydrogen-bond acceptors (Lipinski definition) is 2. The number of anilines is 1. The molecule has 0 saturated heterocycles. The highest BCUT2D eigenvalue weighted by Crippen LogP contribution is 2.14. The molecule has 0 heterocycles. The molecule has 1 amide bonds. The predicted molar refractivity (Wildman–Crippen MR) is 68.4 cm³/mol. The fourth-order valence-electron chi connectivity index (χ4n) is 1.56. The first-order valence-corrected chi connectivity index (χ1v) is 5.54. The molecule has 2 rings (SSSR count). The van der Waals surface area contributed by atoms with Gasteiger partial charge in [0.25, 0.3) is 0 Å². The van der Waals surface area contributed by atoms with E-state index in [9.17, 15) is 9.18 Å². The molecule has 1 unspecified atom stereocenters. The van der Waals surface area contributed by atoms with Crippen molar-refractivity contribution in [2.75, 3.05) is 5.32 Å². The van der Waals surface area contributed by atoms with Crippen LogP contribution in [0.4, 0.5) is 10.1 Å². The van der Waals surface area contributed by atoms with Gasteiger partial charge in [0.1, 0.15) is 11.9 Å². The zero-order chi connectivity index (χ0) is 13.0. The minimum Gasteiger partial charge on any atom is -0.324 e. The lowest BCUT2D eigenvalue weighted by Gasteiger charge is -2.12. The molecule has 0 bridgehead atoms. The normalized spacial score (nSPS) is 11.9. The average Bonchev–Trinajstić information content (AvgIpc) is 2.40. The first-order valence-electron chi connectivity index (χ1n) is 5.54. The summed E-state index contributed by atoms with van der Waals surface area (Å²) in [4.78, 5) is 11.9. The monoisotopic (exact) mass is 244 g/mol. The van der Waals surface area contributed by atoms with E-state index in [0.29, 0.717) is 11.3 Å². The molecular formula is C14H13FN2O. The molecule has 0 fully saturated rings. The lowest BCUT2D eigenvalue weighted by molar-refractivity contribution is -0.117. The van der Waals surface area contributed by atoms with Crippen molar-refractivity contribution < 1.29 is 9.18 Å². The van der Waals surface area contributed by atoms with Crippen LogP contribution in [0.15, 0.2) is 54.6 Å². The quantitative estimate of drug-likeness (QED) is 0.871.